The monoisotopic (exact) mass is 699 g/mol. The molecule has 6 aromatic carbocycles. The van der Waals surface area contributed by atoms with Crippen molar-refractivity contribution in [2.75, 3.05) is 9.80 Å². The molecule has 8 aromatic rings. The molecule has 0 amide bonds. The topological polar surface area (TPSA) is 66.0 Å². The van der Waals surface area contributed by atoms with Gasteiger partial charge in [-0.05, 0) is 115 Å². The number of para-hydroxylation sites is 8. The number of anilines is 5. The fraction of sp³-hybridized carbons (Fsp3) is 0.0213. The summed E-state index contributed by atoms with van der Waals surface area (Å²) in [6.45, 7) is 6.21. The van der Waals surface area contributed by atoms with E-state index in [1.807, 2.05) is 97.3 Å². The molecular formula is C47H33N5O2. The van der Waals surface area contributed by atoms with E-state index in [1.165, 1.54) is 0 Å². The minimum atomic E-state index is 0.706. The molecule has 54 heavy (non-hydrogen) atoms. The van der Waals surface area contributed by atoms with Gasteiger partial charge in [-0.15, -0.1) is 0 Å². The van der Waals surface area contributed by atoms with Crippen LogP contribution in [-0.2, 0) is 0 Å². The summed E-state index contributed by atoms with van der Waals surface area (Å²) in [5.41, 5.74) is 10.1. The predicted molar refractivity (Wildman–Crippen MR) is 220 cm³/mol. The Bertz CT molecular complexity index is 2740. The summed E-state index contributed by atoms with van der Waals surface area (Å²) in [5, 5.41) is 2.29. The van der Waals surface area contributed by atoms with Gasteiger partial charge in [0.15, 0.2) is 23.0 Å². The van der Waals surface area contributed by atoms with Crippen molar-refractivity contribution in [1.29, 1.82) is 0 Å². The molecule has 2 aliphatic rings. The van der Waals surface area contributed by atoms with Crippen LogP contribution in [0.2, 0.25) is 0 Å². The maximum Gasteiger partial charge on any atom is 0.151 e. The molecule has 0 bridgehead atoms. The lowest BCUT2D eigenvalue weighted by Crippen LogP contribution is -2.26. The van der Waals surface area contributed by atoms with Crippen LogP contribution in [0.4, 0.5) is 28.6 Å². The van der Waals surface area contributed by atoms with E-state index in [2.05, 4.69) is 89.0 Å². The summed E-state index contributed by atoms with van der Waals surface area (Å²) in [5.74, 6) is 4.69. The summed E-state index contributed by atoms with van der Waals surface area (Å²) in [4.78, 5) is 17.8. The number of pyridine rings is 1. The van der Waals surface area contributed by atoms with Crippen LogP contribution < -0.4 is 19.3 Å². The Kier molecular flexibility index (Phi) is 7.37. The molecule has 0 aliphatic carbocycles. The summed E-state index contributed by atoms with van der Waals surface area (Å²) in [6.07, 6.45) is 5.65. The third-order valence-electron chi connectivity index (χ3n) is 10.0. The predicted octanol–water partition coefficient (Wildman–Crippen LogP) is 12.8. The molecule has 0 fully saturated rings. The molecule has 4 heterocycles. The highest BCUT2D eigenvalue weighted by Crippen LogP contribution is 2.50. The Balaban J connectivity index is 0.978. The van der Waals surface area contributed by atoms with Crippen LogP contribution in [-0.4, -0.2) is 15.8 Å². The molecule has 0 radical (unpaired) electrons. The van der Waals surface area contributed by atoms with E-state index in [-0.39, 0.29) is 0 Å². The molecule has 2 aromatic heterocycles. The number of aliphatic imine (C=N–C) groups is 1. The van der Waals surface area contributed by atoms with Gasteiger partial charge in [-0.1, -0.05) is 67.2 Å². The third kappa shape index (κ3) is 5.21. The van der Waals surface area contributed by atoms with E-state index in [4.69, 9.17) is 19.5 Å². The number of aromatic amines is 1. The van der Waals surface area contributed by atoms with Gasteiger partial charge in [-0.25, -0.2) is 9.98 Å². The fourth-order valence-corrected chi connectivity index (χ4v) is 7.35. The minimum absolute atomic E-state index is 0.706. The van der Waals surface area contributed by atoms with Crippen molar-refractivity contribution in [1.82, 2.24) is 9.97 Å². The number of benzene rings is 6. The maximum atomic E-state index is 6.20. The number of allylic oxidation sites excluding steroid dienone is 1. The first-order valence-electron chi connectivity index (χ1n) is 17.8. The average Bonchev–Trinajstić information content (AvgIpc) is 3.60. The number of rotatable bonds is 5. The van der Waals surface area contributed by atoms with Crippen molar-refractivity contribution in [3.63, 3.8) is 0 Å². The van der Waals surface area contributed by atoms with E-state index in [0.717, 1.165) is 95.6 Å². The highest BCUT2D eigenvalue weighted by atomic mass is 16.5. The number of fused-ring (bicyclic) bond motifs is 7. The average molecular weight is 700 g/mol. The smallest absolute Gasteiger partial charge is 0.151 e. The van der Waals surface area contributed by atoms with Crippen LogP contribution in [0.15, 0.2) is 176 Å². The van der Waals surface area contributed by atoms with Crippen molar-refractivity contribution in [2.24, 2.45) is 4.99 Å². The molecule has 7 heteroatoms. The van der Waals surface area contributed by atoms with Gasteiger partial charge in [0.1, 0.15) is 11.7 Å². The molecule has 2 aliphatic heterocycles. The lowest BCUT2D eigenvalue weighted by molar-refractivity contribution is 0.476. The molecule has 0 atom stereocenters. The molecule has 10 rings (SSSR count). The molecule has 0 saturated carbocycles. The molecule has 0 spiro atoms. The number of hydrogen-bond acceptors (Lipinski definition) is 5. The van der Waals surface area contributed by atoms with Crippen molar-refractivity contribution >= 4 is 61.8 Å². The van der Waals surface area contributed by atoms with Crippen LogP contribution in [0.5, 0.6) is 23.0 Å². The van der Waals surface area contributed by atoms with E-state index in [0.29, 0.717) is 5.84 Å². The van der Waals surface area contributed by atoms with Gasteiger partial charge in [0.05, 0.1) is 22.7 Å². The fourth-order valence-electron chi connectivity index (χ4n) is 7.35. The largest absolute Gasteiger partial charge is 0.453 e. The summed E-state index contributed by atoms with van der Waals surface area (Å²) in [7, 11) is 0. The maximum absolute atomic E-state index is 6.20. The lowest BCUT2D eigenvalue weighted by atomic mass is 10.0. The number of nitrogens with zero attached hydrogens (tertiary/aromatic N) is 4. The quantitative estimate of drug-likeness (QED) is 0.143. The number of aromatic nitrogens is 2. The molecule has 258 valence electrons. The highest BCUT2D eigenvalue weighted by molar-refractivity contribution is 6.13. The van der Waals surface area contributed by atoms with Crippen LogP contribution in [0, 0.1) is 0 Å². The summed E-state index contributed by atoms with van der Waals surface area (Å²) < 4.78 is 12.4. The van der Waals surface area contributed by atoms with Crippen LogP contribution in [0.3, 0.4) is 0 Å². The number of amidine groups is 1. The van der Waals surface area contributed by atoms with Crippen molar-refractivity contribution in [2.45, 2.75) is 6.92 Å². The minimum Gasteiger partial charge on any atom is -0.453 e. The first kappa shape index (κ1) is 31.4. The van der Waals surface area contributed by atoms with Crippen molar-refractivity contribution in [3.05, 3.63) is 176 Å². The summed E-state index contributed by atoms with van der Waals surface area (Å²) in [6, 6.07) is 49.3. The second kappa shape index (κ2) is 12.7. The van der Waals surface area contributed by atoms with E-state index < -0.39 is 0 Å². The Morgan fingerprint density at radius 2 is 1.17 bits per heavy atom. The van der Waals surface area contributed by atoms with Crippen molar-refractivity contribution < 1.29 is 9.47 Å². The van der Waals surface area contributed by atoms with E-state index in [9.17, 15) is 0 Å². The van der Waals surface area contributed by atoms with E-state index >= 15 is 0 Å². The third-order valence-corrected chi connectivity index (χ3v) is 10.0. The molecule has 1 N–H and O–H groups in total. The SMILES string of the molecule is C=CC(=N/C=C(\C)c1ccc2[nH]c3ccc(-c4ccc(N5c6ccccc6Oc6ccccc65)nc4)cc3c2c1)N1c2ccccc2Oc2ccccc21. The zero-order valence-electron chi connectivity index (χ0n) is 29.4. The van der Waals surface area contributed by atoms with Crippen LogP contribution in [0.25, 0.3) is 38.5 Å². The summed E-state index contributed by atoms with van der Waals surface area (Å²) >= 11 is 0. The first-order valence-corrected chi connectivity index (χ1v) is 17.8. The number of H-pyrrole nitrogens is 1. The number of nitrogens with one attached hydrogen (secondary N) is 1. The van der Waals surface area contributed by atoms with Gasteiger partial charge in [-0.3, -0.25) is 9.80 Å². The Morgan fingerprint density at radius 3 is 1.76 bits per heavy atom. The van der Waals surface area contributed by atoms with Gasteiger partial charge >= 0.3 is 0 Å². The van der Waals surface area contributed by atoms with Crippen LogP contribution >= 0.6 is 0 Å². The zero-order chi connectivity index (χ0) is 36.2. The lowest BCUT2D eigenvalue weighted by Gasteiger charge is -2.32. The normalized spacial score (nSPS) is 13.4. The number of ether oxygens (including phenoxy) is 2. The van der Waals surface area contributed by atoms with Gasteiger partial charge in [0.2, 0.25) is 0 Å². The first-order chi connectivity index (χ1) is 26.6. The molecular weight excluding hydrogens is 667 g/mol. The van der Waals surface area contributed by atoms with Gasteiger partial charge < -0.3 is 14.5 Å². The number of hydrogen-bond donors (Lipinski definition) is 1. The van der Waals surface area contributed by atoms with Crippen LogP contribution in [0.1, 0.15) is 12.5 Å². The molecule has 0 saturated heterocycles. The Hall–Kier alpha value is -7.38. The van der Waals surface area contributed by atoms with Gasteiger partial charge in [-0.2, -0.15) is 0 Å². The highest BCUT2D eigenvalue weighted by Gasteiger charge is 2.27. The Labute approximate surface area is 312 Å². The molecule has 7 nitrogen and oxygen atoms in total. The standard InChI is InChI=1S/C47H33N5O2/c1-3-46(51-38-12-4-8-16-42(38)53-43-17-9-5-13-39(43)51)48-28-30(2)31-20-23-36-34(26-31)35-27-32(21-24-37(35)50-36)33-22-25-47(49-29-33)52-40-14-6-10-18-44(40)54-45-19-11-7-15-41(45)52/h3-29,50H,1H2,2H3/b30-28+,48-46?. The Morgan fingerprint density at radius 1 is 0.630 bits per heavy atom. The van der Waals surface area contributed by atoms with Crippen molar-refractivity contribution in [3.8, 4) is 34.1 Å². The van der Waals surface area contributed by atoms with Gasteiger partial charge in [0.25, 0.3) is 0 Å². The second-order valence-corrected chi connectivity index (χ2v) is 13.3. The van der Waals surface area contributed by atoms with E-state index in [1.54, 1.807) is 6.08 Å². The zero-order valence-corrected chi connectivity index (χ0v) is 29.4. The second-order valence-electron chi connectivity index (χ2n) is 13.3. The molecule has 0 unspecified atom stereocenters. The van der Waals surface area contributed by atoms with Gasteiger partial charge in [0, 0.05) is 39.8 Å².